The Kier molecular flexibility index (Phi) is 5.92. The Morgan fingerprint density at radius 3 is 2.52 bits per heavy atom. The highest BCUT2D eigenvalue weighted by molar-refractivity contribution is 7.94. The first-order valence-corrected chi connectivity index (χ1v) is 11.9. The highest BCUT2D eigenvalue weighted by Crippen LogP contribution is 2.32. The minimum atomic E-state index is -3.75. The van der Waals surface area contributed by atoms with Gasteiger partial charge in [0.2, 0.25) is 15.9 Å². The van der Waals surface area contributed by atoms with E-state index in [1.165, 1.54) is 18.2 Å². The minimum Gasteiger partial charge on any atom is -0.378 e. The summed E-state index contributed by atoms with van der Waals surface area (Å²) in [5.74, 6) is -1.80. The molecule has 0 radical (unpaired) electrons. The van der Waals surface area contributed by atoms with Gasteiger partial charge in [-0.3, -0.25) is 9.59 Å². The number of carbonyl (C=O) groups is 2. The van der Waals surface area contributed by atoms with E-state index in [0.29, 0.717) is 18.9 Å². The maximum absolute atomic E-state index is 12.9. The molecule has 0 bridgehead atoms. The average Bonchev–Trinajstić information content (AvgIpc) is 2.95. The van der Waals surface area contributed by atoms with Crippen LogP contribution in [-0.4, -0.2) is 52.3 Å². The summed E-state index contributed by atoms with van der Waals surface area (Å²) in [6.07, 6.45) is 0. The third-order valence-electron chi connectivity index (χ3n) is 5.30. The van der Waals surface area contributed by atoms with Crippen LogP contribution in [0, 0.1) is 5.92 Å². The Balaban J connectivity index is 1.58. The molecule has 0 aromatic heterocycles. The molecule has 0 aliphatic carbocycles. The number of morpholine rings is 1. The largest absolute Gasteiger partial charge is 0.378 e. The van der Waals surface area contributed by atoms with E-state index in [1.54, 1.807) is 6.92 Å². The van der Waals surface area contributed by atoms with Crippen molar-refractivity contribution in [3.05, 3.63) is 53.1 Å². The number of halogens is 1. The number of para-hydroxylation sites is 2. The van der Waals surface area contributed by atoms with E-state index in [2.05, 4.69) is 10.2 Å². The van der Waals surface area contributed by atoms with Crippen molar-refractivity contribution in [3.8, 4) is 0 Å². The molecular weight excluding hydrogens is 442 g/mol. The molecule has 2 saturated heterocycles. The number of nitrogens with one attached hydrogen (secondary N) is 1. The summed E-state index contributed by atoms with van der Waals surface area (Å²) in [6.45, 7) is 4.24. The highest BCUT2D eigenvalue weighted by atomic mass is 35.5. The van der Waals surface area contributed by atoms with Crippen LogP contribution in [0.1, 0.15) is 17.3 Å². The van der Waals surface area contributed by atoms with Gasteiger partial charge in [0.25, 0.3) is 5.91 Å². The van der Waals surface area contributed by atoms with Gasteiger partial charge in [0.15, 0.2) is 0 Å². The molecule has 164 valence electrons. The number of carbonyl (C=O) groups excluding carboxylic acids is 2. The van der Waals surface area contributed by atoms with E-state index in [0.717, 1.165) is 23.1 Å². The third kappa shape index (κ3) is 4.26. The Hall–Kier alpha value is -2.62. The summed E-state index contributed by atoms with van der Waals surface area (Å²) in [6, 6.07) is 11.6. The maximum Gasteiger partial charge on any atom is 0.257 e. The van der Waals surface area contributed by atoms with Crippen LogP contribution in [0.15, 0.2) is 42.5 Å². The number of ether oxygens (including phenoxy) is 1. The summed E-state index contributed by atoms with van der Waals surface area (Å²) >= 11 is 6.31. The predicted octanol–water partition coefficient (Wildman–Crippen LogP) is 2.74. The van der Waals surface area contributed by atoms with E-state index >= 15 is 0 Å². The second-order valence-corrected chi connectivity index (χ2v) is 9.79. The zero-order chi connectivity index (χ0) is 22.2. The lowest BCUT2D eigenvalue weighted by Gasteiger charge is -2.30. The lowest BCUT2D eigenvalue weighted by Crippen LogP contribution is -2.36. The van der Waals surface area contributed by atoms with Crippen LogP contribution in [-0.2, 0) is 19.6 Å². The fourth-order valence-electron chi connectivity index (χ4n) is 3.75. The van der Waals surface area contributed by atoms with E-state index < -0.39 is 27.8 Å². The van der Waals surface area contributed by atoms with Crippen molar-refractivity contribution in [2.75, 3.05) is 46.6 Å². The summed E-state index contributed by atoms with van der Waals surface area (Å²) in [5.41, 5.74) is 1.83. The first-order chi connectivity index (χ1) is 14.8. The van der Waals surface area contributed by atoms with Crippen molar-refractivity contribution in [1.29, 1.82) is 0 Å². The standard InChI is InChI=1S/C21H22ClN3O5S/c1-14-13-31(28,29)25(21(14)27)15-6-7-16(17(22)12-15)20(26)23-18-4-2-3-5-19(18)24-8-10-30-11-9-24/h2-7,12,14H,8-11,13H2,1H3,(H,23,26). The van der Waals surface area contributed by atoms with Gasteiger partial charge in [-0.2, -0.15) is 0 Å². The zero-order valence-corrected chi connectivity index (χ0v) is 18.4. The molecule has 0 saturated carbocycles. The number of nitrogens with zero attached hydrogens (tertiary/aromatic N) is 2. The first kappa shape index (κ1) is 21.6. The second-order valence-electron chi connectivity index (χ2n) is 7.52. The number of amides is 2. The Labute approximate surface area is 185 Å². The van der Waals surface area contributed by atoms with Crippen molar-refractivity contribution in [3.63, 3.8) is 0 Å². The number of rotatable bonds is 4. The molecule has 2 amide bonds. The van der Waals surface area contributed by atoms with Crippen molar-refractivity contribution in [2.45, 2.75) is 6.92 Å². The monoisotopic (exact) mass is 463 g/mol. The van der Waals surface area contributed by atoms with Gasteiger partial charge in [0.1, 0.15) is 0 Å². The van der Waals surface area contributed by atoms with Crippen molar-refractivity contribution in [1.82, 2.24) is 0 Å². The van der Waals surface area contributed by atoms with Crippen molar-refractivity contribution >= 4 is 50.5 Å². The Morgan fingerprint density at radius 2 is 1.87 bits per heavy atom. The molecule has 2 fully saturated rings. The molecular formula is C21H22ClN3O5S. The van der Waals surface area contributed by atoms with Crippen LogP contribution in [0.4, 0.5) is 17.1 Å². The lowest BCUT2D eigenvalue weighted by molar-refractivity contribution is -0.119. The van der Waals surface area contributed by atoms with Gasteiger partial charge in [0, 0.05) is 13.1 Å². The molecule has 1 atom stereocenters. The zero-order valence-electron chi connectivity index (χ0n) is 16.9. The molecule has 10 heteroatoms. The van der Waals surface area contributed by atoms with E-state index in [4.69, 9.17) is 16.3 Å². The molecule has 2 aromatic rings. The number of benzene rings is 2. The van der Waals surface area contributed by atoms with Crippen LogP contribution in [0.5, 0.6) is 0 Å². The highest BCUT2D eigenvalue weighted by Gasteiger charge is 2.42. The lowest BCUT2D eigenvalue weighted by atomic mass is 10.1. The molecule has 2 aromatic carbocycles. The first-order valence-electron chi connectivity index (χ1n) is 9.87. The van der Waals surface area contributed by atoms with Crippen molar-refractivity contribution in [2.24, 2.45) is 5.92 Å². The third-order valence-corrected chi connectivity index (χ3v) is 7.48. The van der Waals surface area contributed by atoms with Gasteiger partial charge in [-0.1, -0.05) is 30.7 Å². The number of anilines is 3. The minimum absolute atomic E-state index is 0.0569. The molecule has 2 heterocycles. The normalized spacial score (nSPS) is 20.7. The fourth-order valence-corrected chi connectivity index (χ4v) is 5.82. The van der Waals surface area contributed by atoms with Crippen LogP contribution in [0.3, 0.4) is 0 Å². The second kappa shape index (κ2) is 8.49. The molecule has 1 N–H and O–H groups in total. The number of hydrogen-bond donors (Lipinski definition) is 1. The molecule has 2 aliphatic rings. The molecule has 0 spiro atoms. The molecule has 4 rings (SSSR count). The van der Waals surface area contributed by atoms with E-state index in [-0.39, 0.29) is 22.0 Å². The fraction of sp³-hybridized carbons (Fsp3) is 0.333. The summed E-state index contributed by atoms with van der Waals surface area (Å²) in [4.78, 5) is 27.3. The SMILES string of the molecule is CC1CS(=O)(=O)N(c2ccc(C(=O)Nc3ccccc3N3CCOCC3)c(Cl)c2)C1=O. The molecule has 31 heavy (non-hydrogen) atoms. The average molecular weight is 464 g/mol. The smallest absolute Gasteiger partial charge is 0.257 e. The molecule has 2 aliphatic heterocycles. The predicted molar refractivity (Wildman–Crippen MR) is 119 cm³/mol. The summed E-state index contributed by atoms with van der Waals surface area (Å²) in [7, 11) is -3.75. The number of hydrogen-bond acceptors (Lipinski definition) is 6. The van der Waals surface area contributed by atoms with Gasteiger partial charge in [-0.05, 0) is 30.3 Å². The van der Waals surface area contributed by atoms with Crippen LogP contribution < -0.4 is 14.5 Å². The summed E-state index contributed by atoms with van der Waals surface area (Å²) < 4.78 is 30.8. The Bertz CT molecular complexity index is 1130. The molecule has 8 nitrogen and oxygen atoms in total. The van der Waals surface area contributed by atoms with Gasteiger partial charge in [-0.15, -0.1) is 0 Å². The van der Waals surface area contributed by atoms with Gasteiger partial charge in [-0.25, -0.2) is 12.7 Å². The van der Waals surface area contributed by atoms with Gasteiger partial charge >= 0.3 is 0 Å². The van der Waals surface area contributed by atoms with E-state index in [9.17, 15) is 18.0 Å². The summed E-state index contributed by atoms with van der Waals surface area (Å²) in [5, 5.41) is 2.94. The van der Waals surface area contributed by atoms with Crippen molar-refractivity contribution < 1.29 is 22.7 Å². The van der Waals surface area contributed by atoms with Crippen LogP contribution >= 0.6 is 11.6 Å². The van der Waals surface area contributed by atoms with Gasteiger partial charge in [0.05, 0.1) is 52.5 Å². The quantitative estimate of drug-likeness (QED) is 0.749. The Morgan fingerprint density at radius 1 is 1.16 bits per heavy atom. The topological polar surface area (TPSA) is 96.0 Å². The maximum atomic E-state index is 12.9. The van der Waals surface area contributed by atoms with Crippen LogP contribution in [0.25, 0.3) is 0 Å². The van der Waals surface area contributed by atoms with Crippen LogP contribution in [0.2, 0.25) is 5.02 Å². The number of sulfonamides is 1. The molecule has 1 unspecified atom stereocenters. The van der Waals surface area contributed by atoms with E-state index in [1.807, 2.05) is 24.3 Å². The van der Waals surface area contributed by atoms with Gasteiger partial charge < -0.3 is 15.0 Å².